The van der Waals surface area contributed by atoms with Crippen LogP contribution in [-0.4, -0.2) is 57.1 Å². The molecule has 8 nitrogen and oxygen atoms in total. The molecule has 2 aliphatic rings. The summed E-state index contributed by atoms with van der Waals surface area (Å²) in [5.74, 6) is 1.63. The minimum absolute atomic E-state index is 0.195. The van der Waals surface area contributed by atoms with Crippen molar-refractivity contribution in [3.63, 3.8) is 0 Å². The molecule has 1 aromatic carbocycles. The van der Waals surface area contributed by atoms with Crippen molar-refractivity contribution in [2.45, 2.75) is 11.3 Å². The number of aromatic nitrogens is 1. The van der Waals surface area contributed by atoms with Crippen molar-refractivity contribution in [1.29, 1.82) is 5.26 Å². The Morgan fingerprint density at radius 2 is 1.79 bits per heavy atom. The van der Waals surface area contributed by atoms with Gasteiger partial charge in [0.25, 0.3) is 0 Å². The number of pyridine rings is 1. The Hall–Kier alpha value is -2.83. The van der Waals surface area contributed by atoms with Gasteiger partial charge in [0.1, 0.15) is 11.9 Å². The quantitative estimate of drug-likeness (QED) is 0.772. The number of piperazine rings is 1. The Morgan fingerprint density at radius 3 is 2.54 bits per heavy atom. The Labute approximate surface area is 164 Å². The zero-order chi connectivity index (χ0) is 19.6. The first-order valence-corrected chi connectivity index (χ1v) is 10.5. The van der Waals surface area contributed by atoms with Gasteiger partial charge in [-0.1, -0.05) is 0 Å². The first-order chi connectivity index (χ1) is 13.6. The van der Waals surface area contributed by atoms with Gasteiger partial charge in [-0.2, -0.15) is 9.57 Å². The molecule has 0 atom stereocenters. The fourth-order valence-electron chi connectivity index (χ4n) is 3.33. The molecule has 28 heavy (non-hydrogen) atoms. The average Bonchev–Trinajstić information content (AvgIpc) is 2.98. The lowest BCUT2D eigenvalue weighted by molar-refractivity contribution is 0.296. The molecule has 2 aliphatic heterocycles. The fraction of sp³-hybridized carbons (Fsp3) is 0.368. The Bertz CT molecular complexity index is 1010. The standard InChI is InChI=1S/C19H20N4O4S/c20-14-15-3-1-6-21-19(15)22-7-9-23(10-8-22)28(24,25)16-4-5-17-18(13-16)27-12-2-11-26-17/h1,3-6,13H,2,7-12H2. The number of rotatable bonds is 3. The zero-order valence-electron chi connectivity index (χ0n) is 15.2. The van der Waals surface area contributed by atoms with Crippen molar-refractivity contribution in [2.24, 2.45) is 0 Å². The van der Waals surface area contributed by atoms with Crippen molar-refractivity contribution < 1.29 is 17.9 Å². The van der Waals surface area contributed by atoms with Crippen LogP contribution in [-0.2, 0) is 10.0 Å². The van der Waals surface area contributed by atoms with Gasteiger partial charge in [-0.15, -0.1) is 0 Å². The Morgan fingerprint density at radius 1 is 1.04 bits per heavy atom. The molecule has 2 aromatic rings. The van der Waals surface area contributed by atoms with Crippen molar-refractivity contribution in [2.75, 3.05) is 44.3 Å². The fourth-order valence-corrected chi connectivity index (χ4v) is 4.77. The van der Waals surface area contributed by atoms with Crippen LogP contribution in [0, 0.1) is 11.3 Å². The minimum Gasteiger partial charge on any atom is -0.490 e. The molecule has 4 rings (SSSR count). The molecule has 146 valence electrons. The number of sulfonamides is 1. The molecule has 0 unspecified atom stereocenters. The lowest BCUT2D eigenvalue weighted by Gasteiger charge is -2.35. The molecule has 0 radical (unpaired) electrons. The van der Waals surface area contributed by atoms with E-state index in [9.17, 15) is 13.7 Å². The van der Waals surface area contributed by atoms with E-state index < -0.39 is 10.0 Å². The molecule has 0 N–H and O–H groups in total. The number of nitrogens with zero attached hydrogens (tertiary/aromatic N) is 4. The second-order valence-corrected chi connectivity index (χ2v) is 8.47. The van der Waals surface area contributed by atoms with Crippen molar-refractivity contribution in [1.82, 2.24) is 9.29 Å². The molecular formula is C19H20N4O4S. The van der Waals surface area contributed by atoms with Gasteiger partial charge in [0.2, 0.25) is 10.0 Å². The summed E-state index contributed by atoms with van der Waals surface area (Å²) in [6.45, 7) is 2.63. The summed E-state index contributed by atoms with van der Waals surface area (Å²) in [5, 5.41) is 9.25. The summed E-state index contributed by atoms with van der Waals surface area (Å²) in [6.07, 6.45) is 2.40. The van der Waals surface area contributed by atoms with Crippen LogP contribution in [0.3, 0.4) is 0 Å². The summed E-state index contributed by atoms with van der Waals surface area (Å²) < 4.78 is 38.8. The van der Waals surface area contributed by atoms with Gasteiger partial charge in [-0.3, -0.25) is 0 Å². The number of nitriles is 1. The zero-order valence-corrected chi connectivity index (χ0v) is 16.1. The third-order valence-electron chi connectivity index (χ3n) is 4.80. The van der Waals surface area contributed by atoms with Crippen LogP contribution in [0.25, 0.3) is 0 Å². The Kier molecular flexibility index (Phi) is 5.07. The van der Waals surface area contributed by atoms with Crippen LogP contribution in [0.5, 0.6) is 11.5 Å². The Balaban J connectivity index is 1.51. The number of fused-ring (bicyclic) bond motifs is 1. The summed E-state index contributed by atoms with van der Waals surface area (Å²) in [7, 11) is -3.64. The maximum absolute atomic E-state index is 13.1. The van der Waals surface area contributed by atoms with E-state index in [2.05, 4.69) is 11.1 Å². The first-order valence-electron chi connectivity index (χ1n) is 9.09. The number of hydrogen-bond acceptors (Lipinski definition) is 7. The SMILES string of the molecule is N#Cc1cccnc1N1CCN(S(=O)(=O)c2ccc3c(c2)OCCCO3)CC1. The lowest BCUT2D eigenvalue weighted by Crippen LogP contribution is -2.49. The molecule has 0 aliphatic carbocycles. The first kappa shape index (κ1) is 18.5. The van der Waals surface area contributed by atoms with E-state index in [1.165, 1.54) is 10.4 Å². The third-order valence-corrected chi connectivity index (χ3v) is 6.70. The largest absolute Gasteiger partial charge is 0.490 e. The third kappa shape index (κ3) is 3.48. The highest BCUT2D eigenvalue weighted by atomic mass is 32.2. The van der Waals surface area contributed by atoms with Gasteiger partial charge in [0.15, 0.2) is 11.5 Å². The van der Waals surface area contributed by atoms with Gasteiger partial charge in [-0.05, 0) is 24.3 Å². The van der Waals surface area contributed by atoms with Crippen molar-refractivity contribution >= 4 is 15.8 Å². The number of hydrogen-bond donors (Lipinski definition) is 0. The minimum atomic E-state index is -3.64. The van der Waals surface area contributed by atoms with Crippen molar-refractivity contribution in [3.05, 3.63) is 42.1 Å². The molecule has 0 saturated carbocycles. The molecule has 0 bridgehead atoms. The van der Waals surface area contributed by atoms with Gasteiger partial charge in [0.05, 0.1) is 23.7 Å². The number of benzene rings is 1. The van der Waals surface area contributed by atoms with Gasteiger partial charge < -0.3 is 14.4 Å². The molecule has 1 aromatic heterocycles. The van der Waals surface area contributed by atoms with E-state index in [0.29, 0.717) is 62.3 Å². The smallest absolute Gasteiger partial charge is 0.243 e. The van der Waals surface area contributed by atoms with Crippen LogP contribution < -0.4 is 14.4 Å². The molecule has 0 amide bonds. The predicted molar refractivity (Wildman–Crippen MR) is 102 cm³/mol. The molecule has 1 fully saturated rings. The van der Waals surface area contributed by atoms with E-state index in [1.807, 2.05) is 4.90 Å². The monoisotopic (exact) mass is 400 g/mol. The molecule has 0 spiro atoms. The van der Waals surface area contributed by atoms with E-state index in [1.54, 1.807) is 30.5 Å². The summed E-state index contributed by atoms with van der Waals surface area (Å²) in [4.78, 5) is 6.42. The highest BCUT2D eigenvalue weighted by Crippen LogP contribution is 2.33. The summed E-state index contributed by atoms with van der Waals surface area (Å²) >= 11 is 0. The summed E-state index contributed by atoms with van der Waals surface area (Å²) in [5.41, 5.74) is 0.488. The maximum Gasteiger partial charge on any atom is 0.243 e. The van der Waals surface area contributed by atoms with E-state index in [-0.39, 0.29) is 4.90 Å². The molecule has 3 heterocycles. The van der Waals surface area contributed by atoms with Crippen molar-refractivity contribution in [3.8, 4) is 17.6 Å². The summed E-state index contributed by atoms with van der Waals surface area (Å²) in [6, 6.07) is 10.3. The normalized spacial score (nSPS) is 17.6. The lowest BCUT2D eigenvalue weighted by atomic mass is 10.2. The van der Waals surface area contributed by atoms with Crippen LogP contribution >= 0.6 is 0 Å². The second kappa shape index (κ2) is 7.66. The molecular weight excluding hydrogens is 380 g/mol. The maximum atomic E-state index is 13.1. The van der Waals surface area contributed by atoms with E-state index in [4.69, 9.17) is 9.47 Å². The van der Waals surface area contributed by atoms with Crippen LogP contribution in [0.2, 0.25) is 0 Å². The van der Waals surface area contributed by atoms with Gasteiger partial charge in [-0.25, -0.2) is 13.4 Å². The van der Waals surface area contributed by atoms with Gasteiger partial charge >= 0.3 is 0 Å². The van der Waals surface area contributed by atoms with Crippen LogP contribution in [0.1, 0.15) is 12.0 Å². The molecule has 1 saturated heterocycles. The van der Waals surface area contributed by atoms with Crippen LogP contribution in [0.15, 0.2) is 41.4 Å². The second-order valence-electron chi connectivity index (χ2n) is 6.54. The predicted octanol–water partition coefficient (Wildman–Crippen LogP) is 1.63. The van der Waals surface area contributed by atoms with Gasteiger partial charge in [0, 0.05) is 44.9 Å². The number of ether oxygens (including phenoxy) is 2. The molecule has 9 heteroatoms. The topological polar surface area (TPSA) is 95.8 Å². The van der Waals surface area contributed by atoms with E-state index in [0.717, 1.165) is 6.42 Å². The average molecular weight is 400 g/mol. The number of anilines is 1. The van der Waals surface area contributed by atoms with E-state index >= 15 is 0 Å². The van der Waals surface area contributed by atoms with Crippen LogP contribution in [0.4, 0.5) is 5.82 Å². The highest BCUT2D eigenvalue weighted by molar-refractivity contribution is 7.89. The highest BCUT2D eigenvalue weighted by Gasteiger charge is 2.30.